The quantitative estimate of drug-likeness (QED) is 0.849. The molecule has 2 aliphatic rings. The van der Waals surface area contributed by atoms with Crippen molar-refractivity contribution in [1.82, 2.24) is 9.80 Å². The van der Waals surface area contributed by atoms with Gasteiger partial charge in [-0.3, -0.25) is 9.69 Å². The molecule has 0 radical (unpaired) electrons. The molecule has 2 fully saturated rings. The van der Waals surface area contributed by atoms with Crippen molar-refractivity contribution in [3.8, 4) is 5.75 Å². The lowest BCUT2D eigenvalue weighted by molar-refractivity contribution is -0.134. The number of ether oxygens (including phenoxy) is 2. The molecule has 1 aromatic rings. The Kier molecular flexibility index (Phi) is 5.74. The van der Waals surface area contributed by atoms with Gasteiger partial charge in [-0.15, -0.1) is 0 Å². The van der Waals surface area contributed by atoms with E-state index in [2.05, 4.69) is 11.0 Å². The Morgan fingerprint density at radius 1 is 1.25 bits per heavy atom. The fourth-order valence-corrected chi connectivity index (χ4v) is 3.88. The monoisotopic (exact) mass is 332 g/mol. The number of methoxy groups -OCH3 is 1. The van der Waals surface area contributed by atoms with Crippen LogP contribution in [-0.2, 0) is 9.53 Å². The summed E-state index contributed by atoms with van der Waals surface area (Å²) in [5, 5.41) is 0. The van der Waals surface area contributed by atoms with Gasteiger partial charge in [0.2, 0.25) is 5.91 Å². The molecule has 1 aromatic carbocycles. The molecule has 3 rings (SSSR count). The normalized spacial score (nSPS) is 23.2. The molecule has 0 saturated carbocycles. The lowest BCUT2D eigenvalue weighted by atomic mass is 9.97. The number of carbonyl (C=O) groups is 1. The van der Waals surface area contributed by atoms with E-state index in [4.69, 9.17) is 9.47 Å². The largest absolute Gasteiger partial charge is 0.496 e. The molecule has 1 unspecified atom stereocenters. The van der Waals surface area contributed by atoms with Crippen LogP contribution >= 0.6 is 0 Å². The van der Waals surface area contributed by atoms with E-state index in [1.54, 1.807) is 14.0 Å². The van der Waals surface area contributed by atoms with Crippen molar-refractivity contribution >= 4 is 5.91 Å². The highest BCUT2D eigenvalue weighted by atomic mass is 16.5. The zero-order chi connectivity index (χ0) is 16.9. The van der Waals surface area contributed by atoms with Gasteiger partial charge in [-0.05, 0) is 24.8 Å². The summed E-state index contributed by atoms with van der Waals surface area (Å²) < 4.78 is 11.0. The number of rotatable bonds is 4. The van der Waals surface area contributed by atoms with Crippen LogP contribution in [-0.4, -0.2) is 62.2 Å². The molecule has 2 aliphatic heterocycles. The maximum atomic E-state index is 12.1. The number of para-hydroxylation sites is 1. The molecule has 2 heterocycles. The van der Waals surface area contributed by atoms with E-state index in [9.17, 15) is 4.79 Å². The number of nitrogens with zero attached hydrogens (tertiary/aromatic N) is 2. The van der Waals surface area contributed by atoms with E-state index in [-0.39, 0.29) is 11.9 Å². The predicted octanol–water partition coefficient (Wildman–Crippen LogP) is 2.33. The molecule has 2 saturated heterocycles. The summed E-state index contributed by atoms with van der Waals surface area (Å²) in [5.41, 5.74) is 1.10. The van der Waals surface area contributed by atoms with Crippen LogP contribution in [0.3, 0.4) is 0 Å². The van der Waals surface area contributed by atoms with E-state index >= 15 is 0 Å². The highest BCUT2D eigenvalue weighted by molar-refractivity contribution is 5.74. The average molecular weight is 332 g/mol. The highest BCUT2D eigenvalue weighted by Gasteiger charge is 2.32. The minimum absolute atomic E-state index is 0.0623. The van der Waals surface area contributed by atoms with Crippen molar-refractivity contribution in [3.63, 3.8) is 0 Å². The minimum atomic E-state index is 0.0623. The van der Waals surface area contributed by atoms with Gasteiger partial charge >= 0.3 is 0 Å². The molecule has 0 spiro atoms. The lowest BCUT2D eigenvalue weighted by Crippen LogP contribution is -2.51. The molecular weight excluding hydrogens is 304 g/mol. The Morgan fingerprint density at radius 3 is 2.71 bits per heavy atom. The second-order valence-corrected chi connectivity index (χ2v) is 6.79. The number of amides is 1. The standard InChI is InChI=1S/C19H28N2O3/c1-15(22)21-10-9-20(13-16-7-11-24-12-8-16)14-18(21)17-5-3-4-6-19(17)23-2/h3-6,16,18H,7-14H2,1-2H3. The van der Waals surface area contributed by atoms with Gasteiger partial charge < -0.3 is 14.4 Å². The third-order valence-electron chi connectivity index (χ3n) is 5.22. The first-order valence-corrected chi connectivity index (χ1v) is 8.89. The van der Waals surface area contributed by atoms with Gasteiger partial charge in [0.15, 0.2) is 0 Å². The second-order valence-electron chi connectivity index (χ2n) is 6.79. The number of hydrogen-bond donors (Lipinski definition) is 0. The second kappa shape index (κ2) is 7.99. The molecule has 0 aliphatic carbocycles. The first-order chi connectivity index (χ1) is 11.7. The van der Waals surface area contributed by atoms with Gasteiger partial charge in [-0.2, -0.15) is 0 Å². The van der Waals surface area contributed by atoms with Crippen LogP contribution in [0.1, 0.15) is 31.4 Å². The minimum Gasteiger partial charge on any atom is -0.496 e. The van der Waals surface area contributed by atoms with Crippen LogP contribution in [0, 0.1) is 5.92 Å². The highest BCUT2D eigenvalue weighted by Crippen LogP contribution is 2.32. The summed E-state index contributed by atoms with van der Waals surface area (Å²) in [4.78, 5) is 16.6. The van der Waals surface area contributed by atoms with Crippen LogP contribution in [0.2, 0.25) is 0 Å². The van der Waals surface area contributed by atoms with Crippen molar-refractivity contribution in [3.05, 3.63) is 29.8 Å². The zero-order valence-electron chi connectivity index (χ0n) is 14.7. The molecule has 0 aromatic heterocycles. The summed E-state index contributed by atoms with van der Waals surface area (Å²) in [6, 6.07) is 8.12. The van der Waals surface area contributed by atoms with Crippen molar-refractivity contribution in [2.75, 3.05) is 46.5 Å². The van der Waals surface area contributed by atoms with Crippen molar-refractivity contribution in [1.29, 1.82) is 0 Å². The first-order valence-electron chi connectivity index (χ1n) is 8.89. The van der Waals surface area contributed by atoms with Gasteiger partial charge in [-0.25, -0.2) is 0 Å². The smallest absolute Gasteiger partial charge is 0.220 e. The fourth-order valence-electron chi connectivity index (χ4n) is 3.88. The molecule has 5 heteroatoms. The maximum absolute atomic E-state index is 12.1. The van der Waals surface area contributed by atoms with Crippen molar-refractivity contribution in [2.45, 2.75) is 25.8 Å². The Labute approximate surface area is 144 Å². The fraction of sp³-hybridized carbons (Fsp3) is 0.632. The SMILES string of the molecule is COc1ccccc1C1CN(CC2CCOCC2)CCN1C(C)=O. The number of piperazine rings is 1. The Balaban J connectivity index is 1.75. The molecular formula is C19H28N2O3. The summed E-state index contributed by atoms with van der Waals surface area (Å²) >= 11 is 0. The number of carbonyl (C=O) groups excluding carboxylic acids is 1. The molecule has 1 atom stereocenters. The summed E-state index contributed by atoms with van der Waals surface area (Å²) in [7, 11) is 1.69. The van der Waals surface area contributed by atoms with E-state index < -0.39 is 0 Å². The Hall–Kier alpha value is -1.59. The summed E-state index contributed by atoms with van der Waals surface area (Å²) in [5.74, 6) is 1.71. The van der Waals surface area contributed by atoms with Gasteiger partial charge in [0.05, 0.1) is 13.2 Å². The number of benzene rings is 1. The molecule has 132 valence electrons. The third kappa shape index (κ3) is 3.90. The molecule has 0 bridgehead atoms. The van der Waals surface area contributed by atoms with Gasteiger partial charge in [0.1, 0.15) is 5.75 Å². The van der Waals surface area contributed by atoms with Gasteiger partial charge in [-0.1, -0.05) is 18.2 Å². The Bertz CT molecular complexity index is 557. The van der Waals surface area contributed by atoms with E-state index in [1.165, 1.54) is 0 Å². The molecule has 24 heavy (non-hydrogen) atoms. The van der Waals surface area contributed by atoms with E-state index in [0.29, 0.717) is 5.92 Å². The average Bonchev–Trinajstić information content (AvgIpc) is 2.62. The number of hydrogen-bond acceptors (Lipinski definition) is 4. The predicted molar refractivity (Wildman–Crippen MR) is 93.1 cm³/mol. The van der Waals surface area contributed by atoms with Gasteiger partial charge in [0, 0.05) is 51.9 Å². The van der Waals surface area contributed by atoms with Crippen LogP contribution in [0.15, 0.2) is 24.3 Å². The van der Waals surface area contributed by atoms with E-state index in [0.717, 1.165) is 63.5 Å². The first kappa shape index (κ1) is 17.2. The third-order valence-corrected chi connectivity index (χ3v) is 5.22. The topological polar surface area (TPSA) is 42.0 Å². The zero-order valence-corrected chi connectivity index (χ0v) is 14.7. The summed E-state index contributed by atoms with van der Waals surface area (Å²) in [6.07, 6.45) is 2.29. The maximum Gasteiger partial charge on any atom is 0.220 e. The molecule has 5 nitrogen and oxygen atoms in total. The van der Waals surface area contributed by atoms with Crippen molar-refractivity contribution in [2.24, 2.45) is 5.92 Å². The Morgan fingerprint density at radius 2 is 2.00 bits per heavy atom. The molecule has 0 N–H and O–H groups in total. The van der Waals surface area contributed by atoms with Crippen LogP contribution in [0.5, 0.6) is 5.75 Å². The molecule has 1 amide bonds. The summed E-state index contributed by atoms with van der Waals surface area (Å²) in [6.45, 7) is 7.13. The van der Waals surface area contributed by atoms with Gasteiger partial charge in [0.25, 0.3) is 0 Å². The van der Waals surface area contributed by atoms with Crippen LogP contribution in [0.25, 0.3) is 0 Å². The van der Waals surface area contributed by atoms with Crippen LogP contribution in [0.4, 0.5) is 0 Å². The van der Waals surface area contributed by atoms with Crippen LogP contribution < -0.4 is 4.74 Å². The lowest BCUT2D eigenvalue weighted by Gasteiger charge is -2.43. The van der Waals surface area contributed by atoms with Crippen molar-refractivity contribution < 1.29 is 14.3 Å². The van der Waals surface area contributed by atoms with E-state index in [1.807, 2.05) is 23.1 Å².